The molecule has 0 saturated carbocycles. The zero-order valence-corrected chi connectivity index (χ0v) is 23.1. The lowest BCUT2D eigenvalue weighted by Gasteiger charge is -2.32. The number of halogens is 5. The first-order valence-electron chi connectivity index (χ1n) is 12.5. The van der Waals surface area contributed by atoms with Gasteiger partial charge in [-0.3, -0.25) is 9.59 Å². The van der Waals surface area contributed by atoms with E-state index in [1.54, 1.807) is 24.1 Å². The molecular weight excluding hydrogens is 568 g/mol. The fourth-order valence-electron chi connectivity index (χ4n) is 3.68. The molecule has 0 bridgehead atoms. The molecule has 1 aliphatic rings. The molecule has 4 rings (SSSR count). The van der Waals surface area contributed by atoms with E-state index in [1.165, 1.54) is 30.5 Å². The van der Waals surface area contributed by atoms with Gasteiger partial charge in [-0.1, -0.05) is 23.7 Å². The number of carbonyl (C=O) groups excluding carboxylic acids is 2. The molecule has 0 radical (unpaired) electrons. The molecule has 1 fully saturated rings. The molecule has 2 amide bonds. The van der Waals surface area contributed by atoms with Gasteiger partial charge in [-0.2, -0.15) is 13.2 Å². The maximum absolute atomic E-state index is 12.8. The summed E-state index contributed by atoms with van der Waals surface area (Å²) in [4.78, 5) is 32.6. The molecule has 1 saturated heterocycles. The second kappa shape index (κ2) is 14.8. The second-order valence-corrected chi connectivity index (χ2v) is 9.43. The monoisotopic (exact) mass is 596 g/mol. The van der Waals surface area contributed by atoms with E-state index in [0.717, 1.165) is 36.9 Å². The maximum atomic E-state index is 12.8. The minimum Gasteiger partial charge on any atom is -0.437 e. The summed E-state index contributed by atoms with van der Waals surface area (Å²) in [5.41, 5.74) is 0.0831. The van der Waals surface area contributed by atoms with Crippen LogP contribution in [0.4, 0.5) is 17.6 Å². The Labute approximate surface area is 239 Å². The Kier molecular flexibility index (Phi) is 11.4. The van der Waals surface area contributed by atoms with Crippen LogP contribution in [0.3, 0.4) is 0 Å². The summed E-state index contributed by atoms with van der Waals surface area (Å²) in [5, 5.41) is 2.25. The van der Waals surface area contributed by atoms with Gasteiger partial charge in [0.25, 0.3) is 5.91 Å². The predicted octanol–water partition coefficient (Wildman–Crippen LogP) is 5.02. The second-order valence-electron chi connectivity index (χ2n) is 9.03. The van der Waals surface area contributed by atoms with Gasteiger partial charge in [0.15, 0.2) is 0 Å². The number of hydrogen-bond donors (Lipinski definition) is 1. The smallest absolute Gasteiger partial charge is 0.416 e. The Morgan fingerprint density at radius 3 is 2.34 bits per heavy atom. The number of carbonyl (C=O) groups is 2. The lowest BCUT2D eigenvalue weighted by molar-refractivity contribution is -0.137. The van der Waals surface area contributed by atoms with Gasteiger partial charge in [0.05, 0.1) is 23.7 Å². The van der Waals surface area contributed by atoms with Gasteiger partial charge in [0, 0.05) is 39.5 Å². The van der Waals surface area contributed by atoms with Crippen LogP contribution in [0.5, 0.6) is 11.6 Å². The van der Waals surface area contributed by atoms with Crippen LogP contribution in [0, 0.1) is 5.82 Å². The molecule has 41 heavy (non-hydrogen) atoms. The quantitative estimate of drug-likeness (QED) is 0.386. The van der Waals surface area contributed by atoms with Crippen LogP contribution in [-0.2, 0) is 22.3 Å². The molecule has 2 aromatic carbocycles. The largest absolute Gasteiger partial charge is 0.437 e. The van der Waals surface area contributed by atoms with Crippen molar-refractivity contribution in [3.05, 3.63) is 88.3 Å². The summed E-state index contributed by atoms with van der Waals surface area (Å²) in [7, 11) is 3.58. The van der Waals surface area contributed by atoms with E-state index >= 15 is 0 Å². The molecule has 0 unspecified atom stereocenters. The Bertz CT molecular complexity index is 1320. The van der Waals surface area contributed by atoms with E-state index in [4.69, 9.17) is 21.1 Å². The molecule has 0 atom stereocenters. The number of alkyl halides is 3. The van der Waals surface area contributed by atoms with Gasteiger partial charge in [-0.15, -0.1) is 0 Å². The van der Waals surface area contributed by atoms with Crippen LogP contribution >= 0.6 is 11.6 Å². The van der Waals surface area contributed by atoms with Crippen molar-refractivity contribution >= 4 is 23.4 Å². The zero-order valence-electron chi connectivity index (χ0n) is 22.4. The average Bonchev–Trinajstić information content (AvgIpc) is 2.94. The average molecular weight is 597 g/mol. The number of amides is 2. The molecule has 0 aliphatic carbocycles. The fraction of sp³-hybridized carbons (Fsp3) is 0.321. The number of nitrogens with zero attached hydrogens (tertiary/aromatic N) is 3. The number of rotatable bonds is 7. The van der Waals surface area contributed by atoms with Crippen molar-refractivity contribution in [3.63, 3.8) is 0 Å². The van der Waals surface area contributed by atoms with Gasteiger partial charge in [0.2, 0.25) is 11.8 Å². The van der Waals surface area contributed by atoms with Crippen LogP contribution < -0.4 is 10.1 Å². The number of methoxy groups -OCH3 is 1. The molecule has 13 heteroatoms. The van der Waals surface area contributed by atoms with Gasteiger partial charge in [-0.25, -0.2) is 9.37 Å². The highest BCUT2D eigenvalue weighted by Crippen LogP contribution is 2.36. The highest BCUT2D eigenvalue weighted by atomic mass is 35.5. The standard InChI is InChI=1S/C20H20ClF3N4O3.C8H9FO/c1-27-7-9-28(10-8-27)17(29)12-26-18(30)14-3-2-6-25-19(14)31-16-5-4-13(11-15(16)21)20(22,23)24;1-10-6-7-2-4-8(9)5-3-7/h2-6,11H,7-10,12H2,1H3,(H,26,30);2-5H,6H2,1H3. The zero-order chi connectivity index (χ0) is 30.0. The van der Waals surface area contributed by atoms with Crippen molar-refractivity contribution in [3.8, 4) is 11.6 Å². The van der Waals surface area contributed by atoms with E-state index < -0.39 is 17.6 Å². The van der Waals surface area contributed by atoms with Crippen molar-refractivity contribution < 1.29 is 36.6 Å². The van der Waals surface area contributed by atoms with Gasteiger partial charge < -0.3 is 24.6 Å². The van der Waals surface area contributed by atoms with Crippen molar-refractivity contribution in [2.75, 3.05) is 46.9 Å². The summed E-state index contributed by atoms with van der Waals surface area (Å²) < 4.78 is 61.0. The number of ether oxygens (including phenoxy) is 2. The van der Waals surface area contributed by atoms with Crippen LogP contribution in [0.1, 0.15) is 21.5 Å². The van der Waals surface area contributed by atoms with Crippen molar-refractivity contribution in [2.45, 2.75) is 12.8 Å². The third kappa shape index (κ3) is 9.69. The van der Waals surface area contributed by atoms with E-state index in [9.17, 15) is 27.2 Å². The number of nitrogens with one attached hydrogen (secondary N) is 1. The van der Waals surface area contributed by atoms with E-state index in [2.05, 4.69) is 15.2 Å². The Balaban J connectivity index is 0.000000389. The van der Waals surface area contributed by atoms with Gasteiger partial charge >= 0.3 is 6.18 Å². The molecule has 0 spiro atoms. The van der Waals surface area contributed by atoms with E-state index in [1.807, 2.05) is 7.05 Å². The maximum Gasteiger partial charge on any atom is 0.416 e. The number of hydrogen-bond acceptors (Lipinski definition) is 6. The highest BCUT2D eigenvalue weighted by molar-refractivity contribution is 6.32. The molecule has 8 nitrogen and oxygen atoms in total. The summed E-state index contributed by atoms with van der Waals surface area (Å²) in [5.74, 6) is -1.25. The first-order valence-corrected chi connectivity index (χ1v) is 12.8. The Morgan fingerprint density at radius 2 is 1.73 bits per heavy atom. The van der Waals surface area contributed by atoms with E-state index in [-0.39, 0.29) is 40.5 Å². The molecule has 1 N–H and O–H groups in total. The third-order valence-electron chi connectivity index (χ3n) is 5.96. The molecule has 3 aromatic rings. The lowest BCUT2D eigenvalue weighted by Crippen LogP contribution is -2.50. The SMILES string of the molecule is CN1CCN(C(=O)CNC(=O)c2cccnc2Oc2ccc(C(F)(F)F)cc2Cl)CC1.COCc1ccc(F)cc1. The van der Waals surface area contributed by atoms with Crippen molar-refractivity contribution in [2.24, 2.45) is 0 Å². The molecule has 1 aromatic heterocycles. The molecule has 2 heterocycles. The normalized spacial score (nSPS) is 13.7. The molecular formula is C28H29ClF4N4O4. The van der Waals surface area contributed by atoms with Crippen LogP contribution in [0.15, 0.2) is 60.8 Å². The first-order chi connectivity index (χ1) is 19.5. The summed E-state index contributed by atoms with van der Waals surface area (Å²) in [6.45, 7) is 3.03. The minimum atomic E-state index is -4.55. The number of likely N-dealkylation sites (N-methyl/N-ethyl adjacent to an activating group) is 1. The first kappa shape index (κ1) is 31.8. The number of aromatic nitrogens is 1. The number of pyridine rings is 1. The summed E-state index contributed by atoms with van der Waals surface area (Å²) in [6.07, 6.45) is -3.19. The predicted molar refractivity (Wildman–Crippen MR) is 144 cm³/mol. The molecule has 1 aliphatic heterocycles. The highest BCUT2D eigenvalue weighted by Gasteiger charge is 2.31. The van der Waals surface area contributed by atoms with Crippen molar-refractivity contribution in [1.82, 2.24) is 20.1 Å². The molecule has 220 valence electrons. The van der Waals surface area contributed by atoms with E-state index in [0.29, 0.717) is 19.7 Å². The third-order valence-corrected chi connectivity index (χ3v) is 6.26. The minimum absolute atomic E-state index is 0.0182. The number of piperazine rings is 1. The van der Waals surface area contributed by atoms with Gasteiger partial charge in [-0.05, 0) is 55.1 Å². The van der Waals surface area contributed by atoms with Crippen LogP contribution in [0.25, 0.3) is 0 Å². The lowest BCUT2D eigenvalue weighted by atomic mass is 10.2. The fourth-order valence-corrected chi connectivity index (χ4v) is 3.89. The van der Waals surface area contributed by atoms with Crippen molar-refractivity contribution in [1.29, 1.82) is 0 Å². The number of benzene rings is 2. The summed E-state index contributed by atoms with van der Waals surface area (Å²) >= 11 is 5.91. The Hall–Kier alpha value is -3.74. The van der Waals surface area contributed by atoms with Gasteiger partial charge in [0.1, 0.15) is 17.1 Å². The van der Waals surface area contributed by atoms with Crippen LogP contribution in [-0.4, -0.2) is 73.5 Å². The topological polar surface area (TPSA) is 84.0 Å². The van der Waals surface area contributed by atoms with Crippen LogP contribution in [0.2, 0.25) is 5.02 Å². The Morgan fingerprint density at radius 1 is 1.05 bits per heavy atom. The summed E-state index contributed by atoms with van der Waals surface area (Å²) in [6, 6.07) is 11.8.